The van der Waals surface area contributed by atoms with Crippen LogP contribution in [0.3, 0.4) is 0 Å². The molecule has 0 aromatic heterocycles. The fourth-order valence-electron chi connectivity index (χ4n) is 5.21. The molecular formula is C28H31F7N2O3. The average Bonchev–Trinajstić information content (AvgIpc) is 2.89. The lowest BCUT2D eigenvalue weighted by Gasteiger charge is -2.42. The van der Waals surface area contributed by atoms with E-state index in [1.807, 2.05) is 4.90 Å². The molecule has 0 unspecified atom stereocenters. The third-order valence-corrected chi connectivity index (χ3v) is 7.70. The zero-order valence-electron chi connectivity index (χ0n) is 22.7. The molecule has 0 aliphatic carbocycles. The van der Waals surface area contributed by atoms with Gasteiger partial charge < -0.3 is 9.64 Å². The average molecular weight is 577 g/mol. The SMILES string of the molecule is COC(=O)[C@@H](C)N1CC[C@H](C(=O)N(C)[C@@H](C)c2cc(C(F)(F)F)cc(C(F)(F)F)c2)[C@@H](c2ccc(F)cc2C)C1. The number of carbonyl (C=O) groups excluding carboxylic acids is 2. The molecule has 3 rings (SSSR count). The van der Waals surface area contributed by atoms with E-state index in [4.69, 9.17) is 4.74 Å². The molecule has 1 aliphatic rings. The Labute approximate surface area is 227 Å². The van der Waals surface area contributed by atoms with Crippen molar-refractivity contribution in [3.05, 3.63) is 70.0 Å². The summed E-state index contributed by atoms with van der Waals surface area (Å²) in [4.78, 5) is 29.0. The van der Waals surface area contributed by atoms with E-state index < -0.39 is 65.1 Å². The Balaban J connectivity index is 1.98. The van der Waals surface area contributed by atoms with Crippen LogP contribution in [-0.4, -0.2) is 55.0 Å². The van der Waals surface area contributed by atoms with Gasteiger partial charge in [0.15, 0.2) is 0 Å². The molecule has 0 saturated carbocycles. The van der Waals surface area contributed by atoms with Crippen molar-refractivity contribution in [2.75, 3.05) is 27.2 Å². The van der Waals surface area contributed by atoms with Crippen LogP contribution in [0.5, 0.6) is 0 Å². The number of carbonyl (C=O) groups is 2. The van der Waals surface area contributed by atoms with Crippen LogP contribution in [0.25, 0.3) is 0 Å². The zero-order chi connectivity index (χ0) is 30.2. The predicted octanol–water partition coefficient (Wildman–Crippen LogP) is 6.36. The van der Waals surface area contributed by atoms with Crippen molar-refractivity contribution in [3.8, 4) is 0 Å². The minimum atomic E-state index is -5.02. The lowest BCUT2D eigenvalue weighted by molar-refractivity contribution is -0.148. The maximum absolute atomic E-state index is 13.9. The Morgan fingerprint density at radius 1 is 1.00 bits per heavy atom. The molecule has 1 aliphatic heterocycles. The van der Waals surface area contributed by atoms with E-state index in [0.717, 1.165) is 4.90 Å². The van der Waals surface area contributed by atoms with Crippen molar-refractivity contribution in [1.82, 2.24) is 9.80 Å². The van der Waals surface area contributed by atoms with Gasteiger partial charge in [-0.2, -0.15) is 26.3 Å². The molecule has 2 aromatic rings. The number of nitrogens with zero attached hydrogens (tertiary/aromatic N) is 2. The molecule has 1 fully saturated rings. The monoisotopic (exact) mass is 576 g/mol. The van der Waals surface area contributed by atoms with Gasteiger partial charge in [0.2, 0.25) is 5.91 Å². The number of rotatable bonds is 6. The van der Waals surface area contributed by atoms with Gasteiger partial charge >= 0.3 is 18.3 Å². The van der Waals surface area contributed by atoms with Crippen LogP contribution in [0.4, 0.5) is 30.7 Å². The molecule has 0 radical (unpaired) electrons. The first-order valence-electron chi connectivity index (χ1n) is 12.6. The second-order valence-electron chi connectivity index (χ2n) is 10.2. The third kappa shape index (κ3) is 6.76. The number of hydrogen-bond donors (Lipinski definition) is 0. The van der Waals surface area contributed by atoms with Gasteiger partial charge in [0.05, 0.1) is 24.3 Å². The van der Waals surface area contributed by atoms with Crippen molar-refractivity contribution in [2.45, 2.75) is 57.5 Å². The largest absolute Gasteiger partial charge is 0.468 e. The Morgan fingerprint density at radius 2 is 1.57 bits per heavy atom. The molecule has 4 atom stereocenters. The van der Waals surface area contributed by atoms with Crippen LogP contribution in [0.15, 0.2) is 36.4 Å². The second-order valence-corrected chi connectivity index (χ2v) is 10.2. The van der Waals surface area contributed by atoms with E-state index in [-0.39, 0.29) is 24.6 Å². The summed E-state index contributed by atoms with van der Waals surface area (Å²) >= 11 is 0. The van der Waals surface area contributed by atoms with Gasteiger partial charge in [-0.05, 0) is 80.8 Å². The van der Waals surface area contributed by atoms with Gasteiger partial charge in [0.1, 0.15) is 11.9 Å². The summed E-state index contributed by atoms with van der Waals surface area (Å²) in [5.41, 5.74) is -2.02. The number of amides is 1. The molecule has 5 nitrogen and oxygen atoms in total. The Hall–Kier alpha value is -3.15. The number of benzene rings is 2. The lowest BCUT2D eigenvalue weighted by atomic mass is 9.77. The van der Waals surface area contributed by atoms with E-state index in [1.165, 1.54) is 33.2 Å². The Morgan fingerprint density at radius 3 is 2.08 bits per heavy atom. The summed E-state index contributed by atoms with van der Waals surface area (Å²) in [5, 5.41) is 0. The molecule has 0 bridgehead atoms. The van der Waals surface area contributed by atoms with Gasteiger partial charge in [-0.15, -0.1) is 0 Å². The minimum absolute atomic E-state index is 0.0452. The molecule has 0 spiro atoms. The van der Waals surface area contributed by atoms with Crippen molar-refractivity contribution < 1.29 is 45.1 Å². The maximum atomic E-state index is 13.9. The zero-order valence-corrected chi connectivity index (χ0v) is 22.7. The van der Waals surface area contributed by atoms with E-state index in [1.54, 1.807) is 19.9 Å². The Kier molecular flexibility index (Phi) is 9.22. The fraction of sp³-hybridized carbons (Fsp3) is 0.500. The van der Waals surface area contributed by atoms with Crippen molar-refractivity contribution >= 4 is 11.9 Å². The molecule has 220 valence electrons. The summed E-state index contributed by atoms with van der Waals surface area (Å²) in [6.45, 7) is 5.23. The first-order chi connectivity index (χ1) is 18.4. The summed E-state index contributed by atoms with van der Waals surface area (Å²) < 4.78 is 99.3. The summed E-state index contributed by atoms with van der Waals surface area (Å²) in [7, 11) is 2.59. The number of hydrogen-bond acceptors (Lipinski definition) is 4. The van der Waals surface area contributed by atoms with Crippen LogP contribution in [0.2, 0.25) is 0 Å². The van der Waals surface area contributed by atoms with E-state index >= 15 is 0 Å². The standard InChI is InChI=1S/C28H31F7N2O3/c1-15-10-21(29)6-7-22(15)24-14-37(17(3)26(39)40-5)9-8-23(24)25(38)36(4)16(2)18-11-19(27(30,31)32)13-20(12-18)28(33,34)35/h6-7,10-13,16-17,23-24H,8-9,14H2,1-5H3/t16-,17+,23-,24+/m0/s1. The molecule has 1 heterocycles. The summed E-state index contributed by atoms with van der Waals surface area (Å²) in [6, 6.07) is 3.63. The van der Waals surface area contributed by atoms with Crippen molar-refractivity contribution in [2.24, 2.45) is 5.92 Å². The predicted molar refractivity (Wildman–Crippen MR) is 133 cm³/mol. The first-order valence-corrected chi connectivity index (χ1v) is 12.6. The van der Waals surface area contributed by atoms with E-state index in [2.05, 4.69) is 0 Å². The smallest absolute Gasteiger partial charge is 0.416 e. The Bertz CT molecular complexity index is 1210. The number of esters is 1. The topological polar surface area (TPSA) is 49.9 Å². The van der Waals surface area contributed by atoms with Gasteiger partial charge in [-0.1, -0.05) is 6.07 Å². The van der Waals surface area contributed by atoms with Crippen LogP contribution >= 0.6 is 0 Å². The van der Waals surface area contributed by atoms with E-state index in [0.29, 0.717) is 29.8 Å². The van der Waals surface area contributed by atoms with E-state index in [9.17, 15) is 40.3 Å². The van der Waals surface area contributed by atoms with Crippen LogP contribution in [0, 0.1) is 18.7 Å². The normalized spacial score (nSPS) is 20.1. The van der Waals surface area contributed by atoms with Crippen LogP contribution in [-0.2, 0) is 26.7 Å². The van der Waals surface area contributed by atoms with Gasteiger partial charge in [-0.25, -0.2) is 4.39 Å². The number of likely N-dealkylation sites (tertiary alicyclic amines) is 1. The number of piperidine rings is 1. The highest BCUT2D eigenvalue weighted by Crippen LogP contribution is 2.40. The van der Waals surface area contributed by atoms with Crippen LogP contribution in [0.1, 0.15) is 60.0 Å². The van der Waals surface area contributed by atoms with Gasteiger partial charge in [-0.3, -0.25) is 14.5 Å². The number of aryl methyl sites for hydroxylation is 1. The third-order valence-electron chi connectivity index (χ3n) is 7.70. The molecule has 12 heteroatoms. The lowest BCUT2D eigenvalue weighted by Crippen LogP contribution is -2.51. The minimum Gasteiger partial charge on any atom is -0.468 e. The maximum Gasteiger partial charge on any atom is 0.416 e. The highest BCUT2D eigenvalue weighted by molar-refractivity contribution is 5.81. The van der Waals surface area contributed by atoms with Crippen molar-refractivity contribution in [1.29, 1.82) is 0 Å². The summed E-state index contributed by atoms with van der Waals surface area (Å²) in [5.74, 6) is -2.70. The fourth-order valence-corrected chi connectivity index (χ4v) is 5.21. The molecule has 1 saturated heterocycles. The summed E-state index contributed by atoms with van der Waals surface area (Å²) in [6.07, 6.45) is -9.80. The first kappa shape index (κ1) is 31.4. The highest BCUT2D eigenvalue weighted by atomic mass is 19.4. The van der Waals surface area contributed by atoms with Crippen LogP contribution < -0.4 is 0 Å². The molecule has 1 amide bonds. The van der Waals surface area contributed by atoms with Gasteiger partial charge in [0.25, 0.3) is 0 Å². The van der Waals surface area contributed by atoms with Gasteiger partial charge in [0, 0.05) is 25.4 Å². The highest BCUT2D eigenvalue weighted by Gasteiger charge is 2.42. The quantitative estimate of drug-likeness (QED) is 0.297. The number of halogens is 7. The second kappa shape index (κ2) is 11.8. The molecule has 0 N–H and O–H groups in total. The number of ether oxygens (including phenoxy) is 1. The molecule has 40 heavy (non-hydrogen) atoms. The molecular weight excluding hydrogens is 545 g/mol. The number of alkyl halides is 6. The van der Waals surface area contributed by atoms with Crippen molar-refractivity contribution in [3.63, 3.8) is 0 Å². The molecule has 2 aromatic carbocycles. The number of methoxy groups -OCH3 is 1.